The van der Waals surface area contributed by atoms with Crippen molar-refractivity contribution in [1.82, 2.24) is 0 Å². The van der Waals surface area contributed by atoms with E-state index in [-0.39, 0.29) is 6.61 Å². The first-order chi connectivity index (χ1) is 5.88. The van der Waals surface area contributed by atoms with Gasteiger partial charge in [-0.2, -0.15) is 0 Å². The minimum absolute atomic E-state index is 0.285. The van der Waals surface area contributed by atoms with Crippen LogP contribution in [0.5, 0.6) is 0 Å². The highest BCUT2D eigenvalue weighted by Crippen LogP contribution is 2.23. The van der Waals surface area contributed by atoms with E-state index in [2.05, 4.69) is 6.08 Å². The molecule has 0 fully saturated rings. The van der Waals surface area contributed by atoms with Crippen molar-refractivity contribution in [2.75, 3.05) is 13.7 Å². The van der Waals surface area contributed by atoms with Gasteiger partial charge in [0.05, 0.1) is 6.10 Å². The molecule has 0 heterocycles. The van der Waals surface area contributed by atoms with E-state index in [0.717, 1.165) is 19.3 Å². The summed E-state index contributed by atoms with van der Waals surface area (Å²) < 4.78 is 5.35. The Balaban J connectivity index is 2.40. The second kappa shape index (κ2) is 5.33. The maximum Gasteiger partial charge on any atom is 0.0781 e. The van der Waals surface area contributed by atoms with Gasteiger partial charge in [0, 0.05) is 13.7 Å². The van der Waals surface area contributed by atoms with Crippen molar-refractivity contribution in [2.24, 2.45) is 0 Å². The second-order valence-corrected chi connectivity index (χ2v) is 3.26. The molecular weight excluding hydrogens is 152 g/mol. The van der Waals surface area contributed by atoms with Gasteiger partial charge in [-0.25, -0.2) is 0 Å². The number of methoxy groups -OCH3 is 1. The molecule has 0 amide bonds. The Kier molecular flexibility index (Phi) is 4.33. The fraction of sp³-hybridized carbons (Fsp3) is 0.800. The zero-order chi connectivity index (χ0) is 8.81. The Labute approximate surface area is 74.2 Å². The van der Waals surface area contributed by atoms with Crippen LogP contribution in [0.1, 0.15) is 32.1 Å². The molecule has 0 aromatic carbocycles. The standard InChI is InChI=1S/C10H18O2/c1-12-10-7-3-2-5-9(10)6-4-8-11/h5,10-11H,2-4,6-8H2,1H3. The van der Waals surface area contributed by atoms with E-state index >= 15 is 0 Å². The molecule has 2 nitrogen and oxygen atoms in total. The van der Waals surface area contributed by atoms with Crippen LogP contribution in [0.3, 0.4) is 0 Å². The largest absolute Gasteiger partial charge is 0.396 e. The summed E-state index contributed by atoms with van der Waals surface area (Å²) in [4.78, 5) is 0. The van der Waals surface area contributed by atoms with E-state index in [1.165, 1.54) is 18.4 Å². The maximum absolute atomic E-state index is 8.69. The molecule has 0 saturated carbocycles. The van der Waals surface area contributed by atoms with Crippen LogP contribution in [0.4, 0.5) is 0 Å². The van der Waals surface area contributed by atoms with Gasteiger partial charge in [-0.1, -0.05) is 6.08 Å². The summed E-state index contributed by atoms with van der Waals surface area (Å²) in [6.45, 7) is 0.285. The van der Waals surface area contributed by atoms with Crippen molar-refractivity contribution >= 4 is 0 Å². The van der Waals surface area contributed by atoms with Gasteiger partial charge in [-0.3, -0.25) is 0 Å². The van der Waals surface area contributed by atoms with Crippen molar-refractivity contribution in [1.29, 1.82) is 0 Å². The maximum atomic E-state index is 8.69. The van der Waals surface area contributed by atoms with E-state index in [1.54, 1.807) is 7.11 Å². The summed E-state index contributed by atoms with van der Waals surface area (Å²) in [5.74, 6) is 0. The smallest absolute Gasteiger partial charge is 0.0781 e. The molecule has 1 rings (SSSR count). The summed E-state index contributed by atoms with van der Waals surface area (Å²) >= 11 is 0. The first-order valence-corrected chi connectivity index (χ1v) is 4.71. The molecule has 0 bridgehead atoms. The predicted molar refractivity (Wildman–Crippen MR) is 49.1 cm³/mol. The molecule has 0 radical (unpaired) electrons. The van der Waals surface area contributed by atoms with E-state index in [9.17, 15) is 0 Å². The molecule has 0 spiro atoms. The summed E-state index contributed by atoms with van der Waals surface area (Å²) in [6.07, 6.45) is 8.02. The molecule has 1 unspecified atom stereocenters. The third kappa shape index (κ3) is 2.61. The second-order valence-electron chi connectivity index (χ2n) is 3.26. The van der Waals surface area contributed by atoms with Gasteiger partial charge >= 0.3 is 0 Å². The summed E-state index contributed by atoms with van der Waals surface area (Å²) in [5.41, 5.74) is 1.39. The molecule has 12 heavy (non-hydrogen) atoms. The van der Waals surface area contributed by atoms with E-state index in [4.69, 9.17) is 9.84 Å². The van der Waals surface area contributed by atoms with Crippen LogP contribution >= 0.6 is 0 Å². The molecule has 0 aromatic rings. The lowest BCUT2D eigenvalue weighted by Crippen LogP contribution is -2.17. The molecule has 2 heteroatoms. The van der Waals surface area contributed by atoms with Crippen molar-refractivity contribution in [3.05, 3.63) is 11.6 Å². The summed E-state index contributed by atoms with van der Waals surface area (Å²) in [5, 5.41) is 8.69. The van der Waals surface area contributed by atoms with Gasteiger partial charge in [0.2, 0.25) is 0 Å². The van der Waals surface area contributed by atoms with Crippen molar-refractivity contribution in [2.45, 2.75) is 38.2 Å². The van der Waals surface area contributed by atoms with Gasteiger partial charge in [0.25, 0.3) is 0 Å². The molecule has 1 N–H and O–H groups in total. The van der Waals surface area contributed by atoms with Crippen LogP contribution in [0.2, 0.25) is 0 Å². The quantitative estimate of drug-likeness (QED) is 0.653. The van der Waals surface area contributed by atoms with Crippen molar-refractivity contribution in [3.8, 4) is 0 Å². The van der Waals surface area contributed by atoms with E-state index in [1.807, 2.05) is 0 Å². The molecule has 1 aliphatic rings. The van der Waals surface area contributed by atoms with E-state index < -0.39 is 0 Å². The minimum atomic E-state index is 0.285. The highest BCUT2D eigenvalue weighted by atomic mass is 16.5. The average Bonchev–Trinajstić information content (AvgIpc) is 2.15. The van der Waals surface area contributed by atoms with Gasteiger partial charge in [0.15, 0.2) is 0 Å². The van der Waals surface area contributed by atoms with Gasteiger partial charge in [-0.05, 0) is 37.7 Å². The third-order valence-electron chi connectivity index (χ3n) is 2.40. The van der Waals surface area contributed by atoms with Crippen LogP contribution < -0.4 is 0 Å². The van der Waals surface area contributed by atoms with Crippen LogP contribution in [-0.4, -0.2) is 24.9 Å². The number of hydrogen-bond donors (Lipinski definition) is 1. The third-order valence-corrected chi connectivity index (χ3v) is 2.40. The number of aliphatic hydroxyl groups excluding tert-OH is 1. The van der Waals surface area contributed by atoms with Crippen molar-refractivity contribution < 1.29 is 9.84 Å². The Hall–Kier alpha value is -0.340. The van der Waals surface area contributed by atoms with Gasteiger partial charge in [0.1, 0.15) is 0 Å². The molecule has 0 aliphatic heterocycles. The van der Waals surface area contributed by atoms with Crippen LogP contribution in [0.25, 0.3) is 0 Å². The Morgan fingerprint density at radius 2 is 2.50 bits per heavy atom. The average molecular weight is 170 g/mol. The van der Waals surface area contributed by atoms with Gasteiger partial charge in [-0.15, -0.1) is 0 Å². The van der Waals surface area contributed by atoms with E-state index in [0.29, 0.717) is 6.10 Å². The normalized spacial score (nSPS) is 23.8. The van der Waals surface area contributed by atoms with Crippen LogP contribution in [-0.2, 0) is 4.74 Å². The number of aliphatic hydroxyl groups is 1. The topological polar surface area (TPSA) is 29.5 Å². The van der Waals surface area contributed by atoms with Crippen molar-refractivity contribution in [3.63, 3.8) is 0 Å². The number of allylic oxidation sites excluding steroid dienone is 1. The lowest BCUT2D eigenvalue weighted by Gasteiger charge is -2.22. The zero-order valence-corrected chi connectivity index (χ0v) is 7.75. The minimum Gasteiger partial charge on any atom is -0.396 e. The molecular formula is C10H18O2. The fourth-order valence-corrected chi connectivity index (χ4v) is 1.72. The molecule has 0 saturated heterocycles. The highest BCUT2D eigenvalue weighted by Gasteiger charge is 2.15. The lowest BCUT2D eigenvalue weighted by molar-refractivity contribution is 0.114. The molecule has 0 aromatic heterocycles. The number of hydrogen-bond acceptors (Lipinski definition) is 2. The highest BCUT2D eigenvalue weighted by molar-refractivity contribution is 5.11. The molecule has 1 aliphatic carbocycles. The Morgan fingerprint density at radius 3 is 3.17 bits per heavy atom. The number of ether oxygens (including phenoxy) is 1. The lowest BCUT2D eigenvalue weighted by atomic mass is 9.93. The summed E-state index contributed by atoms with van der Waals surface area (Å²) in [6, 6.07) is 0. The van der Waals surface area contributed by atoms with Crippen LogP contribution in [0, 0.1) is 0 Å². The Morgan fingerprint density at radius 1 is 1.67 bits per heavy atom. The van der Waals surface area contributed by atoms with Gasteiger partial charge < -0.3 is 9.84 Å². The summed E-state index contributed by atoms with van der Waals surface area (Å²) in [7, 11) is 1.77. The monoisotopic (exact) mass is 170 g/mol. The van der Waals surface area contributed by atoms with Crippen LogP contribution in [0.15, 0.2) is 11.6 Å². The zero-order valence-electron chi connectivity index (χ0n) is 7.75. The molecule has 1 atom stereocenters. The molecule has 70 valence electrons. The fourth-order valence-electron chi connectivity index (χ4n) is 1.72. The SMILES string of the molecule is COC1CCCC=C1CCCO. The number of rotatable bonds is 4. The Bertz CT molecular complexity index is 152. The first-order valence-electron chi connectivity index (χ1n) is 4.71. The predicted octanol–water partition coefficient (Wildman–Crippen LogP) is 1.88. The first kappa shape index (κ1) is 9.75.